The van der Waals surface area contributed by atoms with Gasteiger partial charge >= 0.3 is 5.97 Å². The van der Waals surface area contributed by atoms with Crippen molar-refractivity contribution in [3.05, 3.63) is 32.5 Å². The smallest absolute Gasteiger partial charge is 0.347 e. The van der Waals surface area contributed by atoms with Crippen molar-refractivity contribution < 1.29 is 18.3 Å². The van der Waals surface area contributed by atoms with Crippen molar-refractivity contribution in [1.82, 2.24) is 9.97 Å². The molecule has 0 aliphatic heterocycles. The lowest BCUT2D eigenvalue weighted by atomic mass is 10.3. The number of anilines is 1. The molecule has 0 aromatic carbocycles. The number of halogens is 2. The molecule has 0 atom stereocenters. The second kappa shape index (κ2) is 5.76. The molecule has 21 heavy (non-hydrogen) atoms. The van der Waals surface area contributed by atoms with E-state index in [9.17, 15) is 13.2 Å². The second-order valence-corrected chi connectivity index (χ2v) is 7.03. The van der Waals surface area contributed by atoms with E-state index in [4.69, 9.17) is 28.3 Å². The molecule has 0 spiro atoms. The molecule has 0 saturated carbocycles. The van der Waals surface area contributed by atoms with Crippen molar-refractivity contribution in [1.29, 1.82) is 0 Å². The first-order chi connectivity index (χ1) is 9.74. The van der Waals surface area contributed by atoms with E-state index in [1.807, 2.05) is 0 Å². The molecule has 0 saturated heterocycles. The Labute approximate surface area is 133 Å². The second-order valence-electron chi connectivity index (χ2n) is 3.82. The SMILES string of the molecule is Cc1csc(C(=O)O)c1S(=O)(=O)Nc1c(Cl)ncnc1Cl. The number of thiophene rings is 1. The van der Waals surface area contributed by atoms with Crippen LogP contribution in [0.5, 0.6) is 0 Å². The van der Waals surface area contributed by atoms with Crippen LogP contribution in [0.2, 0.25) is 10.3 Å². The molecule has 7 nitrogen and oxygen atoms in total. The minimum atomic E-state index is -4.19. The summed E-state index contributed by atoms with van der Waals surface area (Å²) in [5, 5.41) is 10.1. The summed E-state index contributed by atoms with van der Waals surface area (Å²) < 4.78 is 26.9. The minimum Gasteiger partial charge on any atom is -0.477 e. The molecule has 0 fully saturated rings. The average Bonchev–Trinajstić information content (AvgIpc) is 2.77. The van der Waals surface area contributed by atoms with Gasteiger partial charge in [0.1, 0.15) is 21.8 Å². The number of nitrogens with zero attached hydrogens (tertiary/aromatic N) is 2. The molecule has 11 heteroatoms. The van der Waals surface area contributed by atoms with Crippen LogP contribution in [-0.4, -0.2) is 29.5 Å². The van der Waals surface area contributed by atoms with Crippen LogP contribution in [0.15, 0.2) is 16.6 Å². The van der Waals surface area contributed by atoms with Gasteiger partial charge in [-0.05, 0) is 17.9 Å². The Bertz CT molecular complexity index is 799. The number of nitrogens with one attached hydrogen (secondary N) is 1. The molecule has 0 radical (unpaired) electrons. The fourth-order valence-electron chi connectivity index (χ4n) is 1.53. The number of aromatic carboxylic acids is 1. The lowest BCUT2D eigenvalue weighted by Gasteiger charge is -2.10. The molecule has 0 bridgehead atoms. The van der Waals surface area contributed by atoms with Gasteiger partial charge in [0.2, 0.25) is 0 Å². The van der Waals surface area contributed by atoms with Crippen molar-refractivity contribution in [3.63, 3.8) is 0 Å². The third-order valence-electron chi connectivity index (χ3n) is 2.37. The molecule has 2 aromatic heterocycles. The van der Waals surface area contributed by atoms with E-state index < -0.39 is 16.0 Å². The van der Waals surface area contributed by atoms with Crippen LogP contribution in [0.1, 0.15) is 15.2 Å². The highest BCUT2D eigenvalue weighted by molar-refractivity contribution is 7.93. The summed E-state index contributed by atoms with van der Waals surface area (Å²) in [6.07, 6.45) is 1.07. The number of hydrogen-bond acceptors (Lipinski definition) is 6. The Morgan fingerprint density at radius 2 is 1.90 bits per heavy atom. The van der Waals surface area contributed by atoms with E-state index in [-0.39, 0.29) is 25.8 Å². The van der Waals surface area contributed by atoms with E-state index in [0.29, 0.717) is 5.56 Å². The van der Waals surface area contributed by atoms with Gasteiger partial charge in [-0.3, -0.25) is 4.72 Å². The van der Waals surface area contributed by atoms with Crippen molar-refractivity contribution in [2.75, 3.05) is 4.72 Å². The standard InChI is InChI=1S/C10H7Cl2N3O4S2/c1-4-2-20-6(10(16)17)7(4)21(18,19)15-5-8(11)13-3-14-9(5)12/h2-3,15H,1H3,(H,16,17). The van der Waals surface area contributed by atoms with Gasteiger partial charge in [0.25, 0.3) is 10.0 Å². The molecular formula is C10H7Cl2N3O4S2. The Kier molecular flexibility index (Phi) is 4.38. The first-order valence-electron chi connectivity index (χ1n) is 5.24. The van der Waals surface area contributed by atoms with E-state index in [2.05, 4.69) is 14.7 Å². The van der Waals surface area contributed by atoms with Gasteiger partial charge in [0.15, 0.2) is 10.3 Å². The Morgan fingerprint density at radius 1 is 1.33 bits per heavy atom. The summed E-state index contributed by atoms with van der Waals surface area (Å²) in [5.41, 5.74) is 0.0942. The molecule has 0 aliphatic carbocycles. The predicted molar refractivity (Wildman–Crippen MR) is 78.9 cm³/mol. The molecule has 112 valence electrons. The number of carbonyl (C=O) groups is 1. The van der Waals surface area contributed by atoms with Crippen LogP contribution in [0.4, 0.5) is 5.69 Å². The normalized spacial score (nSPS) is 11.4. The first kappa shape index (κ1) is 16.0. The number of aromatic nitrogens is 2. The summed E-state index contributed by atoms with van der Waals surface area (Å²) in [5.74, 6) is -1.34. The van der Waals surface area contributed by atoms with Gasteiger partial charge in [-0.25, -0.2) is 23.2 Å². The number of aryl methyl sites for hydroxylation is 1. The zero-order valence-electron chi connectivity index (χ0n) is 10.3. The highest BCUT2D eigenvalue weighted by Crippen LogP contribution is 2.32. The quantitative estimate of drug-likeness (QED) is 0.803. The fraction of sp³-hybridized carbons (Fsp3) is 0.100. The van der Waals surface area contributed by atoms with Crippen molar-refractivity contribution in [2.24, 2.45) is 0 Å². The lowest BCUT2D eigenvalue weighted by Crippen LogP contribution is -2.17. The van der Waals surface area contributed by atoms with Crippen LogP contribution >= 0.6 is 34.5 Å². The van der Waals surface area contributed by atoms with Crippen molar-refractivity contribution in [3.8, 4) is 0 Å². The maximum Gasteiger partial charge on any atom is 0.347 e. The Hall–Kier alpha value is -1.42. The van der Waals surface area contributed by atoms with Gasteiger partial charge in [0, 0.05) is 0 Å². The summed E-state index contributed by atoms with van der Waals surface area (Å²) in [6.45, 7) is 1.49. The Balaban J connectivity index is 2.54. The summed E-state index contributed by atoms with van der Waals surface area (Å²) in [6, 6.07) is 0. The van der Waals surface area contributed by atoms with E-state index >= 15 is 0 Å². The van der Waals surface area contributed by atoms with Gasteiger partial charge in [-0.2, -0.15) is 0 Å². The minimum absolute atomic E-state index is 0.191. The number of carboxylic acid groups (broad SMARTS) is 1. The molecule has 2 aromatic rings. The molecule has 0 aliphatic rings. The van der Waals surface area contributed by atoms with Crippen LogP contribution < -0.4 is 4.72 Å². The molecule has 0 unspecified atom stereocenters. The number of carboxylic acids is 1. The van der Waals surface area contributed by atoms with E-state index in [1.54, 1.807) is 0 Å². The summed E-state index contributed by atoms with van der Waals surface area (Å²) in [4.78, 5) is 17.7. The maximum atomic E-state index is 12.4. The first-order valence-corrected chi connectivity index (χ1v) is 8.36. The average molecular weight is 368 g/mol. The maximum absolute atomic E-state index is 12.4. The van der Waals surface area contributed by atoms with Crippen LogP contribution in [0, 0.1) is 6.92 Å². The molecular weight excluding hydrogens is 361 g/mol. The van der Waals surface area contributed by atoms with E-state index in [0.717, 1.165) is 17.7 Å². The molecule has 2 rings (SSSR count). The topological polar surface area (TPSA) is 109 Å². The van der Waals surface area contributed by atoms with Crippen LogP contribution in [0.25, 0.3) is 0 Å². The molecule has 0 amide bonds. The van der Waals surface area contributed by atoms with Gasteiger partial charge in [-0.15, -0.1) is 11.3 Å². The lowest BCUT2D eigenvalue weighted by molar-refractivity contribution is 0.0698. The van der Waals surface area contributed by atoms with E-state index in [1.165, 1.54) is 12.3 Å². The zero-order chi connectivity index (χ0) is 15.8. The van der Waals surface area contributed by atoms with Gasteiger partial charge in [0.05, 0.1) is 0 Å². The third-order valence-corrected chi connectivity index (χ3v) is 5.70. The zero-order valence-corrected chi connectivity index (χ0v) is 13.4. The summed E-state index contributed by atoms with van der Waals surface area (Å²) >= 11 is 12.3. The monoisotopic (exact) mass is 367 g/mol. The van der Waals surface area contributed by atoms with Gasteiger partial charge in [-0.1, -0.05) is 23.2 Å². The third kappa shape index (κ3) is 3.10. The number of rotatable bonds is 4. The highest BCUT2D eigenvalue weighted by Gasteiger charge is 2.28. The Morgan fingerprint density at radius 3 is 2.43 bits per heavy atom. The van der Waals surface area contributed by atoms with Crippen LogP contribution in [-0.2, 0) is 10.0 Å². The van der Waals surface area contributed by atoms with Crippen molar-refractivity contribution in [2.45, 2.75) is 11.8 Å². The molecule has 2 N–H and O–H groups in total. The molecule has 2 heterocycles. The summed E-state index contributed by atoms with van der Waals surface area (Å²) in [7, 11) is -4.19. The predicted octanol–water partition coefficient (Wildman–Crippen LogP) is 2.65. The largest absolute Gasteiger partial charge is 0.477 e. The van der Waals surface area contributed by atoms with Crippen molar-refractivity contribution >= 4 is 56.2 Å². The number of sulfonamides is 1. The highest BCUT2D eigenvalue weighted by atomic mass is 35.5. The fourth-order valence-corrected chi connectivity index (χ4v) is 4.76. The van der Waals surface area contributed by atoms with Crippen LogP contribution in [0.3, 0.4) is 0 Å². The van der Waals surface area contributed by atoms with Gasteiger partial charge < -0.3 is 5.11 Å². The number of hydrogen-bond donors (Lipinski definition) is 2.